The van der Waals surface area contributed by atoms with Gasteiger partial charge in [-0.3, -0.25) is 4.79 Å². The van der Waals surface area contributed by atoms with Gasteiger partial charge in [0.15, 0.2) is 0 Å². The first-order valence-electron chi connectivity index (χ1n) is 7.54. The Morgan fingerprint density at radius 1 is 1.23 bits per heavy atom. The molecule has 0 saturated carbocycles. The van der Waals surface area contributed by atoms with E-state index in [1.54, 1.807) is 12.5 Å². The first kappa shape index (κ1) is 14.4. The summed E-state index contributed by atoms with van der Waals surface area (Å²) < 4.78 is 10.8. The number of benzene rings is 1. The maximum absolute atomic E-state index is 12.0. The van der Waals surface area contributed by atoms with Crippen molar-refractivity contribution in [3.05, 3.63) is 59.7 Å². The van der Waals surface area contributed by atoms with Gasteiger partial charge in [-0.15, -0.1) is 0 Å². The maximum Gasteiger partial charge on any atom is 0.224 e. The molecular formula is C18H19NO3. The number of amides is 1. The van der Waals surface area contributed by atoms with Gasteiger partial charge in [-0.2, -0.15) is 0 Å². The molecule has 2 heterocycles. The topological polar surface area (TPSA) is 55.4 Å². The van der Waals surface area contributed by atoms with E-state index in [1.807, 2.05) is 24.3 Å². The van der Waals surface area contributed by atoms with Gasteiger partial charge in [-0.1, -0.05) is 19.1 Å². The zero-order valence-electron chi connectivity index (χ0n) is 12.6. The summed E-state index contributed by atoms with van der Waals surface area (Å²) in [5.41, 5.74) is 3.00. The van der Waals surface area contributed by atoms with Crippen molar-refractivity contribution in [2.24, 2.45) is 0 Å². The maximum atomic E-state index is 12.0. The predicted molar refractivity (Wildman–Crippen MR) is 84.7 cm³/mol. The Hall–Kier alpha value is -2.49. The third-order valence-corrected chi connectivity index (χ3v) is 3.75. The molecule has 0 aliphatic rings. The molecule has 3 aromatic rings. The summed E-state index contributed by atoms with van der Waals surface area (Å²) in [7, 11) is 0. The average Bonchev–Trinajstić information content (AvgIpc) is 3.17. The van der Waals surface area contributed by atoms with Crippen LogP contribution < -0.4 is 5.32 Å². The summed E-state index contributed by atoms with van der Waals surface area (Å²) in [6, 6.07) is 9.90. The first-order valence-corrected chi connectivity index (χ1v) is 7.54. The molecule has 22 heavy (non-hydrogen) atoms. The number of fused-ring (bicyclic) bond motifs is 1. The van der Waals surface area contributed by atoms with Crippen LogP contribution in [0.2, 0.25) is 0 Å². The van der Waals surface area contributed by atoms with Crippen molar-refractivity contribution in [3.8, 4) is 0 Å². The molecule has 3 rings (SSSR count). The van der Waals surface area contributed by atoms with Crippen LogP contribution in [0.15, 0.2) is 51.7 Å². The first-order chi connectivity index (χ1) is 10.8. The van der Waals surface area contributed by atoms with E-state index in [2.05, 4.69) is 18.3 Å². The van der Waals surface area contributed by atoms with Crippen LogP contribution in [0, 0.1) is 0 Å². The van der Waals surface area contributed by atoms with Crippen LogP contribution in [0.3, 0.4) is 0 Å². The van der Waals surface area contributed by atoms with E-state index in [0.29, 0.717) is 19.4 Å². The second-order valence-corrected chi connectivity index (χ2v) is 5.30. The van der Waals surface area contributed by atoms with Crippen LogP contribution in [0.25, 0.3) is 11.0 Å². The van der Waals surface area contributed by atoms with Gasteiger partial charge in [-0.25, -0.2) is 0 Å². The minimum absolute atomic E-state index is 0.00572. The van der Waals surface area contributed by atoms with Gasteiger partial charge in [-0.05, 0) is 30.2 Å². The van der Waals surface area contributed by atoms with Gasteiger partial charge in [0, 0.05) is 23.9 Å². The normalized spacial score (nSPS) is 11.0. The molecule has 0 aliphatic carbocycles. The number of aryl methyl sites for hydroxylation is 1. The van der Waals surface area contributed by atoms with E-state index in [0.717, 1.165) is 28.7 Å². The molecule has 0 fully saturated rings. The molecule has 1 aromatic carbocycles. The van der Waals surface area contributed by atoms with E-state index >= 15 is 0 Å². The van der Waals surface area contributed by atoms with Gasteiger partial charge in [0.2, 0.25) is 5.91 Å². The molecule has 114 valence electrons. The number of hydrogen-bond donors (Lipinski definition) is 1. The Morgan fingerprint density at radius 2 is 2.14 bits per heavy atom. The average molecular weight is 297 g/mol. The van der Waals surface area contributed by atoms with E-state index < -0.39 is 0 Å². The molecule has 4 nitrogen and oxygen atoms in total. The number of furan rings is 2. The fourth-order valence-corrected chi connectivity index (χ4v) is 2.50. The number of hydrogen-bond acceptors (Lipinski definition) is 3. The highest BCUT2D eigenvalue weighted by Gasteiger charge is 2.10. The quantitative estimate of drug-likeness (QED) is 0.757. The summed E-state index contributed by atoms with van der Waals surface area (Å²) in [6.45, 7) is 2.68. The van der Waals surface area contributed by atoms with E-state index in [4.69, 9.17) is 8.83 Å². The molecule has 2 aromatic heterocycles. The largest absolute Gasteiger partial charge is 0.469 e. The highest BCUT2D eigenvalue weighted by atomic mass is 16.3. The Kier molecular flexibility index (Phi) is 4.28. The van der Waals surface area contributed by atoms with E-state index in [-0.39, 0.29) is 5.91 Å². The molecule has 1 N–H and O–H groups in total. The summed E-state index contributed by atoms with van der Waals surface area (Å²) in [5, 5.41) is 3.92. The predicted octanol–water partition coefficient (Wildman–Crippen LogP) is 3.49. The van der Waals surface area contributed by atoms with Crippen LogP contribution in [-0.4, -0.2) is 12.5 Å². The second kappa shape index (κ2) is 6.52. The highest BCUT2D eigenvalue weighted by molar-refractivity contribution is 5.87. The molecule has 0 bridgehead atoms. The number of carbonyl (C=O) groups excluding carboxylic acids is 1. The van der Waals surface area contributed by atoms with Gasteiger partial charge >= 0.3 is 0 Å². The molecule has 0 atom stereocenters. The lowest BCUT2D eigenvalue weighted by atomic mass is 10.1. The zero-order chi connectivity index (χ0) is 15.4. The fourth-order valence-electron chi connectivity index (χ4n) is 2.50. The third kappa shape index (κ3) is 3.22. The molecule has 4 heteroatoms. The second-order valence-electron chi connectivity index (χ2n) is 5.30. The third-order valence-electron chi connectivity index (χ3n) is 3.75. The van der Waals surface area contributed by atoms with Crippen LogP contribution >= 0.6 is 0 Å². The molecule has 0 radical (unpaired) electrons. The van der Waals surface area contributed by atoms with Crippen molar-refractivity contribution in [2.45, 2.75) is 26.2 Å². The van der Waals surface area contributed by atoms with Crippen molar-refractivity contribution in [3.63, 3.8) is 0 Å². The molecule has 0 unspecified atom stereocenters. The van der Waals surface area contributed by atoms with Gasteiger partial charge < -0.3 is 14.2 Å². The lowest BCUT2D eigenvalue weighted by molar-refractivity contribution is -0.120. The lowest BCUT2D eigenvalue weighted by Crippen LogP contribution is -2.27. The van der Waals surface area contributed by atoms with E-state index in [9.17, 15) is 4.79 Å². The lowest BCUT2D eigenvalue weighted by Gasteiger charge is -2.03. The van der Waals surface area contributed by atoms with Crippen molar-refractivity contribution in [1.29, 1.82) is 0 Å². The molecule has 1 amide bonds. The number of carbonyl (C=O) groups is 1. The highest BCUT2D eigenvalue weighted by Crippen LogP contribution is 2.23. The molecular weight excluding hydrogens is 278 g/mol. The zero-order valence-corrected chi connectivity index (χ0v) is 12.6. The van der Waals surface area contributed by atoms with Crippen molar-refractivity contribution in [1.82, 2.24) is 5.32 Å². The molecule has 0 spiro atoms. The Bertz CT molecular complexity index is 756. The smallest absolute Gasteiger partial charge is 0.224 e. The van der Waals surface area contributed by atoms with Crippen molar-refractivity contribution < 1.29 is 13.6 Å². The summed E-state index contributed by atoms with van der Waals surface area (Å²) >= 11 is 0. The van der Waals surface area contributed by atoms with Crippen LogP contribution in [0.4, 0.5) is 0 Å². The van der Waals surface area contributed by atoms with Crippen molar-refractivity contribution >= 4 is 16.9 Å². The van der Waals surface area contributed by atoms with Gasteiger partial charge in [0.25, 0.3) is 0 Å². The monoisotopic (exact) mass is 297 g/mol. The van der Waals surface area contributed by atoms with E-state index in [1.165, 1.54) is 5.56 Å². The van der Waals surface area contributed by atoms with Crippen LogP contribution in [0.5, 0.6) is 0 Å². The Balaban J connectivity index is 1.59. The van der Waals surface area contributed by atoms with Gasteiger partial charge in [0.05, 0.1) is 18.9 Å². The number of rotatable bonds is 6. The summed E-state index contributed by atoms with van der Waals surface area (Å²) in [5.74, 6) is 0.870. The fraction of sp³-hybridized carbons (Fsp3) is 0.278. The Morgan fingerprint density at radius 3 is 2.91 bits per heavy atom. The molecule has 0 aliphatic heterocycles. The minimum Gasteiger partial charge on any atom is -0.469 e. The number of nitrogens with one attached hydrogen (secondary N) is 1. The van der Waals surface area contributed by atoms with Gasteiger partial charge in [0.1, 0.15) is 11.3 Å². The summed E-state index contributed by atoms with van der Waals surface area (Å²) in [6.07, 6.45) is 5.32. The Labute approximate surface area is 129 Å². The SMILES string of the molecule is CCc1ccc2c(CC(=O)NCCc3ccco3)coc2c1. The molecule has 0 saturated heterocycles. The summed E-state index contributed by atoms with van der Waals surface area (Å²) in [4.78, 5) is 12.0. The van der Waals surface area contributed by atoms with Crippen molar-refractivity contribution in [2.75, 3.05) is 6.54 Å². The standard InChI is InChI=1S/C18H19NO3/c1-2-13-5-6-16-14(12-22-17(16)10-13)11-18(20)19-8-7-15-4-3-9-21-15/h3-6,9-10,12H,2,7-8,11H2,1H3,(H,19,20). The minimum atomic E-state index is -0.00572. The van der Waals surface area contributed by atoms with Crippen LogP contribution in [0.1, 0.15) is 23.8 Å². The van der Waals surface area contributed by atoms with Crippen LogP contribution in [-0.2, 0) is 24.1 Å².